The van der Waals surface area contributed by atoms with E-state index in [1.54, 1.807) is 12.5 Å². The fourth-order valence-corrected chi connectivity index (χ4v) is 5.34. The van der Waals surface area contributed by atoms with E-state index in [-0.39, 0.29) is 12.2 Å². The van der Waals surface area contributed by atoms with Crippen LogP contribution in [0.5, 0.6) is 0 Å². The van der Waals surface area contributed by atoms with Gasteiger partial charge in [0.25, 0.3) is 5.56 Å². The number of benzene rings is 1. The Morgan fingerprint density at radius 2 is 1.97 bits per heavy atom. The Kier molecular flexibility index (Phi) is 6.42. The molecule has 5 rings (SSSR count). The van der Waals surface area contributed by atoms with Crippen molar-refractivity contribution in [1.82, 2.24) is 30.2 Å². The lowest BCUT2D eigenvalue weighted by molar-refractivity contribution is 0.0683. The van der Waals surface area contributed by atoms with Gasteiger partial charge in [-0.2, -0.15) is 4.98 Å². The molecule has 0 bridgehead atoms. The highest BCUT2D eigenvalue weighted by atomic mass is 79.9. The molecule has 1 aromatic carbocycles. The molecule has 0 fully saturated rings. The maximum atomic E-state index is 12.4. The van der Waals surface area contributed by atoms with Crippen LogP contribution < -0.4 is 5.56 Å². The topological polar surface area (TPSA) is 140 Å². The number of aromatic carboxylic acids is 1. The highest BCUT2D eigenvalue weighted by molar-refractivity contribution is 9.10. The molecule has 2 N–H and O–H groups in total. The van der Waals surface area contributed by atoms with Crippen LogP contribution in [0, 0.1) is 0 Å². The van der Waals surface area contributed by atoms with Gasteiger partial charge in [-0.05, 0) is 55.5 Å². The third-order valence-corrected chi connectivity index (χ3v) is 7.03. The second kappa shape index (κ2) is 9.67. The van der Waals surface area contributed by atoms with Gasteiger partial charge in [-0.1, -0.05) is 42.8 Å². The molecule has 2 aromatic heterocycles. The minimum Gasteiger partial charge on any atom is -0.477 e. The largest absolute Gasteiger partial charge is 0.477 e. The molecule has 10 nitrogen and oxygen atoms in total. The molecule has 0 spiro atoms. The summed E-state index contributed by atoms with van der Waals surface area (Å²) in [5.41, 5.74) is 3.71. The number of halogens is 2. The second-order valence-electron chi connectivity index (χ2n) is 7.98. The van der Waals surface area contributed by atoms with Crippen LogP contribution >= 0.6 is 27.5 Å². The summed E-state index contributed by atoms with van der Waals surface area (Å²) in [5, 5.41) is 23.8. The SMILES string of the molecule is CCCc1nc(=O)c(Cl)c(C(=O)O)n1Cc1c2ccocc-2c(Br)c1-c1ccccc1-c1nnn[nH]1. The van der Waals surface area contributed by atoms with Crippen molar-refractivity contribution in [2.45, 2.75) is 26.3 Å². The average Bonchev–Trinajstić information content (AvgIpc) is 3.50. The van der Waals surface area contributed by atoms with E-state index in [4.69, 9.17) is 16.0 Å². The van der Waals surface area contributed by atoms with Crippen LogP contribution in [0.15, 0.2) is 56.5 Å². The molecule has 182 valence electrons. The number of tetrazole rings is 1. The molecule has 0 amide bonds. The van der Waals surface area contributed by atoms with Crippen LogP contribution in [0.4, 0.5) is 0 Å². The van der Waals surface area contributed by atoms with Gasteiger partial charge in [-0.25, -0.2) is 9.89 Å². The van der Waals surface area contributed by atoms with Crippen molar-refractivity contribution >= 4 is 33.5 Å². The molecular formula is C24H18BrClN6O4. The van der Waals surface area contributed by atoms with Crippen LogP contribution in [0.25, 0.3) is 33.6 Å². The second-order valence-corrected chi connectivity index (χ2v) is 9.16. The zero-order valence-electron chi connectivity index (χ0n) is 18.8. The number of rotatable bonds is 7. The van der Waals surface area contributed by atoms with Crippen LogP contribution in [-0.4, -0.2) is 41.3 Å². The number of fused-ring (bicyclic) bond motifs is 1. The summed E-state index contributed by atoms with van der Waals surface area (Å²) < 4.78 is 7.70. The van der Waals surface area contributed by atoms with Gasteiger partial charge in [0, 0.05) is 27.6 Å². The van der Waals surface area contributed by atoms with Crippen molar-refractivity contribution in [2.24, 2.45) is 0 Å². The molecule has 3 heterocycles. The zero-order chi connectivity index (χ0) is 25.4. The van der Waals surface area contributed by atoms with Gasteiger partial charge >= 0.3 is 5.97 Å². The molecule has 1 aliphatic carbocycles. The number of hydrogen-bond donors (Lipinski definition) is 2. The van der Waals surface area contributed by atoms with E-state index >= 15 is 0 Å². The number of hydrogen-bond acceptors (Lipinski definition) is 7. The molecule has 0 saturated carbocycles. The Bertz CT molecular complexity index is 1610. The normalized spacial score (nSPS) is 11.3. The summed E-state index contributed by atoms with van der Waals surface area (Å²) in [6, 6.07) is 9.40. The van der Waals surface area contributed by atoms with E-state index in [1.165, 1.54) is 4.57 Å². The predicted molar refractivity (Wildman–Crippen MR) is 135 cm³/mol. The smallest absolute Gasteiger partial charge is 0.354 e. The molecule has 0 radical (unpaired) electrons. The Labute approximate surface area is 217 Å². The fourth-order valence-electron chi connectivity index (χ4n) is 4.36. The number of carbonyl (C=O) groups is 1. The van der Waals surface area contributed by atoms with Crippen molar-refractivity contribution in [3.05, 3.63) is 79.8 Å². The summed E-state index contributed by atoms with van der Waals surface area (Å²) >= 11 is 9.91. The molecule has 1 aliphatic heterocycles. The van der Waals surface area contributed by atoms with Gasteiger partial charge in [0.05, 0.1) is 19.1 Å². The van der Waals surface area contributed by atoms with Gasteiger partial charge < -0.3 is 14.1 Å². The van der Waals surface area contributed by atoms with E-state index in [0.717, 1.165) is 37.9 Å². The minimum absolute atomic E-state index is 0.0917. The lowest BCUT2D eigenvalue weighted by Crippen LogP contribution is -2.26. The van der Waals surface area contributed by atoms with Crippen LogP contribution in [0.2, 0.25) is 5.02 Å². The lowest BCUT2D eigenvalue weighted by atomic mass is 9.97. The fraction of sp³-hybridized carbons (Fsp3) is 0.167. The van der Waals surface area contributed by atoms with E-state index in [1.807, 2.05) is 37.3 Å². The van der Waals surface area contributed by atoms with Crippen molar-refractivity contribution in [2.75, 3.05) is 0 Å². The monoisotopic (exact) mass is 568 g/mol. The molecule has 0 saturated heterocycles. The van der Waals surface area contributed by atoms with E-state index in [9.17, 15) is 14.7 Å². The predicted octanol–water partition coefficient (Wildman–Crippen LogP) is 4.90. The van der Waals surface area contributed by atoms with Gasteiger partial charge in [0.2, 0.25) is 0 Å². The first-order valence-corrected chi connectivity index (χ1v) is 12.1. The van der Waals surface area contributed by atoms with Crippen LogP contribution in [-0.2, 0) is 13.0 Å². The van der Waals surface area contributed by atoms with Crippen molar-refractivity contribution < 1.29 is 14.3 Å². The number of H-pyrrole nitrogens is 1. The summed E-state index contributed by atoms with van der Waals surface area (Å²) in [4.78, 5) is 28.7. The first kappa shape index (κ1) is 23.9. The van der Waals surface area contributed by atoms with Crippen molar-refractivity contribution in [3.8, 4) is 33.6 Å². The number of nitrogens with zero attached hydrogens (tertiary/aromatic N) is 5. The number of carboxylic acid groups (broad SMARTS) is 1. The van der Waals surface area contributed by atoms with Gasteiger partial charge in [0.1, 0.15) is 10.8 Å². The first-order chi connectivity index (χ1) is 17.4. The Morgan fingerprint density at radius 1 is 1.19 bits per heavy atom. The van der Waals surface area contributed by atoms with E-state index < -0.39 is 16.6 Å². The average molecular weight is 570 g/mol. The zero-order valence-corrected chi connectivity index (χ0v) is 21.2. The van der Waals surface area contributed by atoms with Crippen LogP contribution in [0.1, 0.15) is 35.2 Å². The maximum absolute atomic E-state index is 12.4. The highest BCUT2D eigenvalue weighted by Gasteiger charge is 2.28. The number of aromatic nitrogens is 6. The maximum Gasteiger partial charge on any atom is 0.354 e. The van der Waals surface area contributed by atoms with Crippen LogP contribution in [0.3, 0.4) is 0 Å². The standard InChI is InChI=1S/C24H18BrClN6O4/c1-2-5-17-27-23(33)20(26)21(24(34)35)32(17)10-15-12-8-9-36-11-16(12)19(25)18(15)13-6-3-4-7-14(13)22-28-30-31-29-22/h3-4,6-9,11H,2,5,10H2,1H3,(H,34,35)(H,28,29,30,31). The summed E-state index contributed by atoms with van der Waals surface area (Å²) in [6.07, 6.45) is 4.23. The van der Waals surface area contributed by atoms with Crippen molar-refractivity contribution in [3.63, 3.8) is 0 Å². The number of aryl methyl sites for hydroxylation is 1. The third kappa shape index (κ3) is 3.99. The Morgan fingerprint density at radius 3 is 2.67 bits per heavy atom. The molecular weight excluding hydrogens is 552 g/mol. The summed E-state index contributed by atoms with van der Waals surface area (Å²) in [7, 11) is 0. The summed E-state index contributed by atoms with van der Waals surface area (Å²) in [5.74, 6) is -0.491. The highest BCUT2D eigenvalue weighted by Crippen LogP contribution is 2.48. The number of carboxylic acids is 1. The quantitative estimate of drug-likeness (QED) is 0.282. The van der Waals surface area contributed by atoms with E-state index in [0.29, 0.717) is 24.5 Å². The third-order valence-electron chi connectivity index (χ3n) is 5.87. The molecule has 36 heavy (non-hydrogen) atoms. The van der Waals surface area contributed by atoms with Gasteiger partial charge in [-0.3, -0.25) is 4.79 Å². The molecule has 12 heteroatoms. The summed E-state index contributed by atoms with van der Waals surface area (Å²) in [6.45, 7) is 2.02. The first-order valence-electron chi connectivity index (χ1n) is 10.9. The van der Waals surface area contributed by atoms with Gasteiger partial charge in [0.15, 0.2) is 11.5 Å². The molecule has 0 atom stereocenters. The molecule has 2 aliphatic rings. The van der Waals surface area contributed by atoms with Gasteiger partial charge in [-0.15, -0.1) is 5.10 Å². The Hall–Kier alpha value is -3.83. The van der Waals surface area contributed by atoms with E-state index in [2.05, 4.69) is 41.5 Å². The lowest BCUT2D eigenvalue weighted by Gasteiger charge is -2.18. The number of nitrogens with one attached hydrogen (secondary N) is 1. The minimum atomic E-state index is -1.31. The van der Waals surface area contributed by atoms with Crippen molar-refractivity contribution in [1.29, 1.82) is 0 Å². The molecule has 0 unspecified atom stereocenters. The Balaban J connectivity index is 1.82. The molecule has 3 aromatic rings. The number of aromatic amines is 1.